The molecule has 0 aliphatic rings. The molecule has 0 aromatic carbocycles. The van der Waals surface area contributed by atoms with Gasteiger partial charge in [-0.15, -0.1) is 11.3 Å². The van der Waals surface area contributed by atoms with Gasteiger partial charge in [0.15, 0.2) is 0 Å². The van der Waals surface area contributed by atoms with E-state index in [1.807, 2.05) is 18.3 Å². The van der Waals surface area contributed by atoms with Crippen LogP contribution < -0.4 is 4.90 Å². The average molecular weight is 389 g/mol. The molecule has 0 fully saturated rings. The molecule has 2 aromatic rings. The van der Waals surface area contributed by atoms with Crippen LogP contribution in [-0.2, 0) is 0 Å². The Morgan fingerprint density at radius 2 is 1.95 bits per heavy atom. The molecule has 5 heteroatoms. The highest BCUT2D eigenvalue weighted by molar-refractivity contribution is 14.1. The van der Waals surface area contributed by atoms with Crippen molar-refractivity contribution < 1.29 is 0 Å². The number of aryl methyl sites for hydroxylation is 2. The number of halogens is 1. The van der Waals surface area contributed by atoms with Crippen molar-refractivity contribution >= 4 is 50.6 Å². The number of rotatable bonds is 5. The lowest BCUT2D eigenvalue weighted by molar-refractivity contribution is 0.724. The third-order valence-corrected chi connectivity index (χ3v) is 5.30. The van der Waals surface area contributed by atoms with E-state index in [9.17, 15) is 0 Å². The largest absolute Gasteiger partial charge is 0.356 e. The van der Waals surface area contributed by atoms with Crippen LogP contribution in [0.2, 0.25) is 0 Å². The van der Waals surface area contributed by atoms with Crippen molar-refractivity contribution in [1.82, 2.24) is 9.97 Å². The second-order valence-electron chi connectivity index (χ2n) is 4.68. The summed E-state index contributed by atoms with van der Waals surface area (Å²) in [5.41, 5.74) is 1.13. The molecule has 0 aliphatic heterocycles. The Morgan fingerprint density at radius 3 is 2.58 bits per heavy atom. The predicted molar refractivity (Wildman–Crippen MR) is 92.4 cm³/mol. The van der Waals surface area contributed by atoms with Crippen molar-refractivity contribution in [3.63, 3.8) is 0 Å². The Labute approximate surface area is 132 Å². The van der Waals surface area contributed by atoms with Crippen LogP contribution in [0.1, 0.15) is 37.4 Å². The maximum atomic E-state index is 4.72. The molecule has 0 radical (unpaired) electrons. The number of fused-ring (bicyclic) bond motifs is 1. The Morgan fingerprint density at radius 1 is 1.21 bits per heavy atom. The van der Waals surface area contributed by atoms with E-state index >= 15 is 0 Å². The first kappa shape index (κ1) is 15.0. The maximum Gasteiger partial charge on any atom is 0.141 e. The third-order valence-electron chi connectivity index (χ3n) is 3.25. The quantitative estimate of drug-likeness (QED) is 0.704. The molecule has 0 unspecified atom stereocenters. The molecule has 0 spiro atoms. The highest BCUT2D eigenvalue weighted by Gasteiger charge is 2.17. The van der Waals surface area contributed by atoms with Gasteiger partial charge in [0.1, 0.15) is 17.2 Å². The Hall–Kier alpha value is -0.430. The van der Waals surface area contributed by atoms with Crippen LogP contribution in [0.3, 0.4) is 0 Å². The molecule has 104 valence electrons. The molecule has 19 heavy (non-hydrogen) atoms. The number of thiophene rings is 1. The van der Waals surface area contributed by atoms with Crippen molar-refractivity contribution in [2.45, 2.75) is 40.5 Å². The summed E-state index contributed by atoms with van der Waals surface area (Å²) >= 11 is 4.20. The first-order valence-electron chi connectivity index (χ1n) is 6.76. The smallest absolute Gasteiger partial charge is 0.141 e. The molecule has 2 aromatic heterocycles. The monoisotopic (exact) mass is 389 g/mol. The van der Waals surface area contributed by atoms with Crippen LogP contribution in [-0.4, -0.2) is 23.1 Å². The van der Waals surface area contributed by atoms with Crippen molar-refractivity contribution in [1.29, 1.82) is 0 Å². The molecule has 3 nitrogen and oxygen atoms in total. The van der Waals surface area contributed by atoms with E-state index in [-0.39, 0.29) is 0 Å². The molecule has 2 heterocycles. The summed E-state index contributed by atoms with van der Waals surface area (Å²) in [4.78, 5) is 13.0. The van der Waals surface area contributed by atoms with Gasteiger partial charge < -0.3 is 4.90 Å². The molecule has 0 N–H and O–H groups in total. The molecular weight excluding hydrogens is 369 g/mol. The molecule has 0 bridgehead atoms. The number of hydrogen-bond donors (Lipinski definition) is 0. The van der Waals surface area contributed by atoms with Crippen LogP contribution in [0.25, 0.3) is 10.9 Å². The molecule has 0 saturated carbocycles. The zero-order chi connectivity index (χ0) is 14.0. The fourth-order valence-electron chi connectivity index (χ4n) is 2.25. The van der Waals surface area contributed by atoms with Crippen molar-refractivity contribution in [3.05, 3.63) is 13.6 Å². The van der Waals surface area contributed by atoms with Crippen molar-refractivity contribution in [2.24, 2.45) is 0 Å². The Balaban J connectivity index is 2.57. The van der Waals surface area contributed by atoms with E-state index < -0.39 is 0 Å². The summed E-state index contributed by atoms with van der Waals surface area (Å²) in [6.07, 6.45) is 2.42. The number of unbranched alkanes of at least 4 members (excludes halogenated alkanes) is 1. The number of hydrogen-bond acceptors (Lipinski definition) is 4. The van der Waals surface area contributed by atoms with Gasteiger partial charge in [-0.05, 0) is 49.8 Å². The second-order valence-corrected chi connectivity index (χ2v) is 7.72. The summed E-state index contributed by atoms with van der Waals surface area (Å²) in [6.45, 7) is 10.7. The molecule has 0 saturated heterocycles. The lowest BCUT2D eigenvalue weighted by Gasteiger charge is -2.23. The van der Waals surface area contributed by atoms with Gasteiger partial charge in [-0.25, -0.2) is 9.97 Å². The summed E-state index contributed by atoms with van der Waals surface area (Å²) < 4.78 is 1.27. The summed E-state index contributed by atoms with van der Waals surface area (Å²) in [6, 6.07) is 0. The maximum absolute atomic E-state index is 4.72. The lowest BCUT2D eigenvalue weighted by atomic mass is 10.2. The van der Waals surface area contributed by atoms with Gasteiger partial charge in [-0.3, -0.25) is 0 Å². The minimum atomic E-state index is 0.869. The van der Waals surface area contributed by atoms with Gasteiger partial charge in [0.25, 0.3) is 0 Å². The van der Waals surface area contributed by atoms with Gasteiger partial charge in [0.05, 0.1) is 8.27 Å². The Bertz CT molecular complexity index is 580. The van der Waals surface area contributed by atoms with E-state index in [0.717, 1.165) is 30.2 Å². The molecule has 0 aliphatic carbocycles. The lowest BCUT2D eigenvalue weighted by Crippen LogP contribution is -2.25. The van der Waals surface area contributed by atoms with E-state index in [2.05, 4.69) is 53.2 Å². The zero-order valence-electron chi connectivity index (χ0n) is 12.0. The number of aromatic nitrogens is 2. The average Bonchev–Trinajstić information content (AvgIpc) is 2.65. The van der Waals surface area contributed by atoms with Gasteiger partial charge >= 0.3 is 0 Å². The van der Waals surface area contributed by atoms with E-state index in [4.69, 9.17) is 4.98 Å². The number of anilines is 1. The van der Waals surface area contributed by atoms with Crippen LogP contribution in [0.4, 0.5) is 5.82 Å². The normalized spacial score (nSPS) is 11.2. The van der Waals surface area contributed by atoms with E-state index in [1.165, 1.54) is 26.0 Å². The number of nitrogens with zero attached hydrogens (tertiary/aromatic N) is 3. The van der Waals surface area contributed by atoms with Crippen LogP contribution in [0.15, 0.2) is 0 Å². The van der Waals surface area contributed by atoms with E-state index in [0.29, 0.717) is 0 Å². The predicted octanol–water partition coefficient (Wildman–Crippen LogP) is 4.54. The second kappa shape index (κ2) is 6.35. The van der Waals surface area contributed by atoms with Gasteiger partial charge in [-0.1, -0.05) is 13.3 Å². The zero-order valence-corrected chi connectivity index (χ0v) is 14.9. The topological polar surface area (TPSA) is 29.0 Å². The molecular formula is C14H20IN3S. The van der Waals surface area contributed by atoms with Gasteiger partial charge in [-0.2, -0.15) is 0 Å². The highest BCUT2D eigenvalue weighted by Crippen LogP contribution is 2.36. The van der Waals surface area contributed by atoms with Crippen LogP contribution >= 0.6 is 33.9 Å². The summed E-state index contributed by atoms with van der Waals surface area (Å²) in [5, 5.41) is 1.25. The fourth-order valence-corrected chi connectivity index (χ4v) is 4.43. The van der Waals surface area contributed by atoms with Gasteiger partial charge in [0, 0.05) is 18.0 Å². The standard InChI is InChI=1S/C14H20IN3S/c1-5-7-8-18(6-2)14-11-9(3)19-13(15)12(11)16-10(4)17-14/h5-8H2,1-4H3. The Kier molecular flexibility index (Phi) is 5.00. The van der Waals surface area contributed by atoms with Crippen molar-refractivity contribution in [2.75, 3.05) is 18.0 Å². The minimum absolute atomic E-state index is 0.869. The first-order chi connectivity index (χ1) is 9.08. The fraction of sp³-hybridized carbons (Fsp3) is 0.571. The summed E-state index contributed by atoms with van der Waals surface area (Å²) in [7, 11) is 0. The summed E-state index contributed by atoms with van der Waals surface area (Å²) in [5.74, 6) is 1.99. The molecule has 2 rings (SSSR count). The highest BCUT2D eigenvalue weighted by atomic mass is 127. The third kappa shape index (κ3) is 3.02. The van der Waals surface area contributed by atoms with Gasteiger partial charge in [0.2, 0.25) is 0 Å². The SMILES string of the molecule is CCCCN(CC)c1nc(C)nc2c(I)sc(C)c12. The van der Waals surface area contributed by atoms with Crippen molar-refractivity contribution in [3.8, 4) is 0 Å². The van der Waals surface area contributed by atoms with Crippen LogP contribution in [0, 0.1) is 16.7 Å². The molecule has 0 atom stereocenters. The van der Waals surface area contributed by atoms with E-state index in [1.54, 1.807) is 0 Å². The van der Waals surface area contributed by atoms with Crippen LogP contribution in [0.5, 0.6) is 0 Å². The minimum Gasteiger partial charge on any atom is -0.356 e. The first-order valence-corrected chi connectivity index (χ1v) is 8.66. The molecule has 0 amide bonds.